The van der Waals surface area contributed by atoms with Gasteiger partial charge in [0.05, 0.1) is 12.7 Å². The molecule has 0 aliphatic carbocycles. The summed E-state index contributed by atoms with van der Waals surface area (Å²) in [6.07, 6.45) is 0. The van der Waals surface area contributed by atoms with E-state index in [9.17, 15) is 18.0 Å². The molecule has 25 heavy (non-hydrogen) atoms. The molecule has 2 aromatic rings. The molecule has 2 atom stereocenters. The van der Waals surface area contributed by atoms with Crippen LogP contribution >= 0.6 is 0 Å². The van der Waals surface area contributed by atoms with Crippen molar-refractivity contribution < 1.29 is 27.6 Å². The zero-order chi connectivity index (χ0) is 18.4. The number of halogens is 3. The molecule has 2 aromatic carbocycles. The number of likely N-dealkylation sites (N-methyl/N-ethyl adjacent to an activating group) is 1. The van der Waals surface area contributed by atoms with E-state index in [2.05, 4.69) is 10.1 Å². The number of alkyl halides is 2. The van der Waals surface area contributed by atoms with Gasteiger partial charge in [-0.2, -0.15) is 8.78 Å². The first-order valence-electron chi connectivity index (χ1n) is 7.78. The van der Waals surface area contributed by atoms with Crippen molar-refractivity contribution in [3.05, 3.63) is 59.9 Å². The molecule has 0 radical (unpaired) electrons. The first kappa shape index (κ1) is 18.8. The molecule has 0 aliphatic heterocycles. The van der Waals surface area contributed by atoms with Gasteiger partial charge in [0.1, 0.15) is 18.1 Å². The van der Waals surface area contributed by atoms with Crippen molar-refractivity contribution in [2.75, 3.05) is 12.4 Å². The number of nitrogens with one attached hydrogen (secondary N) is 2. The van der Waals surface area contributed by atoms with E-state index in [0.717, 1.165) is 10.5 Å². The van der Waals surface area contributed by atoms with Gasteiger partial charge in [-0.05, 0) is 43.3 Å². The number of rotatable bonds is 7. The monoisotopic (exact) mass is 353 g/mol. The second-order valence-corrected chi connectivity index (χ2v) is 5.74. The maximum Gasteiger partial charge on any atom is 0.387 e. The summed E-state index contributed by atoms with van der Waals surface area (Å²) in [5.41, 5.74) is 1.00. The number of hydrogen-bond donors (Lipinski definition) is 2. The van der Waals surface area contributed by atoms with E-state index in [0.29, 0.717) is 6.54 Å². The largest absolute Gasteiger partial charge is 0.435 e. The molecular weight excluding hydrogens is 333 g/mol. The third-order valence-corrected chi connectivity index (χ3v) is 3.90. The number of benzene rings is 2. The molecule has 0 aromatic heterocycles. The molecule has 0 saturated carbocycles. The third-order valence-electron chi connectivity index (χ3n) is 3.90. The molecular formula is C18H20F3N2O2+. The summed E-state index contributed by atoms with van der Waals surface area (Å²) < 4.78 is 42.2. The van der Waals surface area contributed by atoms with Gasteiger partial charge < -0.3 is 15.0 Å². The molecule has 0 fully saturated rings. The molecule has 0 aliphatic rings. The van der Waals surface area contributed by atoms with Crippen LogP contribution in [0.1, 0.15) is 12.5 Å². The minimum atomic E-state index is -2.86. The van der Waals surface area contributed by atoms with Crippen LogP contribution in [0.25, 0.3) is 0 Å². The Bertz CT molecular complexity index is 708. The van der Waals surface area contributed by atoms with Crippen molar-refractivity contribution >= 4 is 11.6 Å². The average molecular weight is 353 g/mol. The summed E-state index contributed by atoms with van der Waals surface area (Å²) >= 11 is 0. The molecule has 2 rings (SSSR count). The number of para-hydroxylation sites is 1. The van der Waals surface area contributed by atoms with E-state index in [1.165, 1.54) is 24.3 Å². The Morgan fingerprint density at radius 2 is 1.80 bits per heavy atom. The van der Waals surface area contributed by atoms with Crippen LogP contribution in [0, 0.1) is 5.82 Å². The van der Waals surface area contributed by atoms with Gasteiger partial charge in [-0.25, -0.2) is 4.39 Å². The van der Waals surface area contributed by atoms with Gasteiger partial charge in [-0.1, -0.05) is 12.1 Å². The number of anilines is 1. The number of hydrogen-bond acceptors (Lipinski definition) is 2. The molecule has 7 heteroatoms. The second kappa shape index (κ2) is 8.53. The van der Waals surface area contributed by atoms with E-state index in [-0.39, 0.29) is 17.3 Å². The van der Waals surface area contributed by atoms with Gasteiger partial charge in [0.2, 0.25) is 0 Å². The van der Waals surface area contributed by atoms with Crippen molar-refractivity contribution in [2.24, 2.45) is 0 Å². The molecule has 4 nitrogen and oxygen atoms in total. The fourth-order valence-corrected chi connectivity index (χ4v) is 2.29. The summed E-state index contributed by atoms with van der Waals surface area (Å²) in [4.78, 5) is 13.1. The highest BCUT2D eigenvalue weighted by molar-refractivity contribution is 5.93. The molecule has 0 heterocycles. The van der Waals surface area contributed by atoms with Crippen molar-refractivity contribution in [1.82, 2.24) is 0 Å². The topological polar surface area (TPSA) is 42.8 Å². The van der Waals surface area contributed by atoms with Gasteiger partial charge in [0, 0.05) is 5.56 Å². The summed E-state index contributed by atoms with van der Waals surface area (Å²) in [6, 6.07) is 11.8. The fraction of sp³-hybridized carbons (Fsp3) is 0.278. The molecule has 2 N–H and O–H groups in total. The van der Waals surface area contributed by atoms with Crippen LogP contribution in [0.15, 0.2) is 48.5 Å². The summed E-state index contributed by atoms with van der Waals surface area (Å²) in [5, 5.41) is 2.57. The molecule has 134 valence electrons. The lowest BCUT2D eigenvalue weighted by Crippen LogP contribution is -3.12. The Balaban J connectivity index is 1.94. The Kier molecular flexibility index (Phi) is 6.41. The highest BCUT2D eigenvalue weighted by atomic mass is 19.3. The molecule has 0 saturated heterocycles. The van der Waals surface area contributed by atoms with Crippen LogP contribution in [-0.4, -0.2) is 25.6 Å². The molecule has 0 spiro atoms. The van der Waals surface area contributed by atoms with Crippen molar-refractivity contribution in [2.45, 2.75) is 26.1 Å². The molecule has 0 bridgehead atoms. The Morgan fingerprint density at radius 1 is 1.16 bits per heavy atom. The van der Waals surface area contributed by atoms with E-state index in [1.54, 1.807) is 31.2 Å². The van der Waals surface area contributed by atoms with Gasteiger partial charge in [-0.3, -0.25) is 4.79 Å². The minimum Gasteiger partial charge on any atom is -0.435 e. The first-order chi connectivity index (χ1) is 11.9. The number of quaternary nitrogens is 1. The highest BCUT2D eigenvalue weighted by Crippen LogP contribution is 2.15. The predicted molar refractivity (Wildman–Crippen MR) is 88.2 cm³/mol. The number of carbonyl (C=O) groups is 1. The van der Waals surface area contributed by atoms with E-state index >= 15 is 0 Å². The number of carbonyl (C=O) groups excluding carboxylic acids is 1. The summed E-state index contributed by atoms with van der Waals surface area (Å²) in [5.74, 6) is -0.711. The number of ether oxygens (including phenoxy) is 1. The van der Waals surface area contributed by atoms with Gasteiger partial charge in [0.15, 0.2) is 6.04 Å². The Morgan fingerprint density at radius 3 is 2.40 bits per heavy atom. The first-order valence-corrected chi connectivity index (χ1v) is 7.78. The maximum atomic E-state index is 13.6. The Labute approximate surface area is 144 Å². The lowest BCUT2D eigenvalue weighted by atomic mass is 10.1. The van der Waals surface area contributed by atoms with E-state index in [4.69, 9.17) is 0 Å². The lowest BCUT2D eigenvalue weighted by molar-refractivity contribution is -0.907. The highest BCUT2D eigenvalue weighted by Gasteiger charge is 2.22. The van der Waals surface area contributed by atoms with E-state index in [1.807, 2.05) is 7.05 Å². The number of amides is 1. The van der Waals surface area contributed by atoms with Crippen LogP contribution in [0.4, 0.5) is 18.9 Å². The quantitative estimate of drug-likeness (QED) is 0.803. The van der Waals surface area contributed by atoms with Gasteiger partial charge >= 0.3 is 6.61 Å². The van der Waals surface area contributed by atoms with Crippen LogP contribution in [0.2, 0.25) is 0 Å². The zero-order valence-corrected chi connectivity index (χ0v) is 13.9. The fourth-order valence-electron chi connectivity index (χ4n) is 2.29. The van der Waals surface area contributed by atoms with Crippen LogP contribution in [0.5, 0.6) is 5.75 Å². The second-order valence-electron chi connectivity index (χ2n) is 5.74. The minimum absolute atomic E-state index is 0.0850. The van der Waals surface area contributed by atoms with Crippen LogP contribution in [0.3, 0.4) is 0 Å². The van der Waals surface area contributed by atoms with Crippen molar-refractivity contribution in [3.63, 3.8) is 0 Å². The van der Waals surface area contributed by atoms with Gasteiger partial charge in [0.25, 0.3) is 5.91 Å². The van der Waals surface area contributed by atoms with E-state index < -0.39 is 18.5 Å². The molecule has 1 amide bonds. The summed E-state index contributed by atoms with van der Waals surface area (Å²) in [7, 11) is 1.83. The SMILES string of the molecule is C[C@H](C(=O)Nc1ccccc1F)[NH+](C)Cc1ccc(OC(F)F)cc1. The maximum absolute atomic E-state index is 13.6. The standard InChI is InChI=1S/C18H19F3N2O2/c1-12(17(24)22-16-6-4-3-5-15(16)19)23(2)11-13-7-9-14(10-8-13)25-18(20)21/h3-10,12,18H,11H2,1-2H3,(H,22,24)/p+1/t12-/m1/s1. The zero-order valence-electron chi connectivity index (χ0n) is 13.9. The van der Waals surface area contributed by atoms with Gasteiger partial charge in [-0.15, -0.1) is 0 Å². The van der Waals surface area contributed by atoms with Crippen LogP contribution in [-0.2, 0) is 11.3 Å². The summed E-state index contributed by atoms with van der Waals surface area (Å²) in [6.45, 7) is -0.623. The normalized spacial score (nSPS) is 13.4. The van der Waals surface area contributed by atoms with Crippen molar-refractivity contribution in [1.29, 1.82) is 0 Å². The average Bonchev–Trinajstić information content (AvgIpc) is 2.57. The lowest BCUT2D eigenvalue weighted by Gasteiger charge is -2.21. The van der Waals surface area contributed by atoms with Crippen LogP contribution < -0.4 is 15.0 Å². The molecule has 1 unspecified atom stereocenters. The smallest absolute Gasteiger partial charge is 0.387 e. The third kappa shape index (κ3) is 5.49. The van der Waals surface area contributed by atoms with Crippen molar-refractivity contribution in [3.8, 4) is 5.75 Å². The predicted octanol–water partition coefficient (Wildman–Crippen LogP) is 2.47. The Hall–Kier alpha value is -2.54.